The molecule has 0 aliphatic heterocycles. The summed E-state index contributed by atoms with van der Waals surface area (Å²) in [5.74, 6) is -0.590. The SMILES string of the molecule is C[C@H](NC(=O)COC(=O)COc1ccc(C#N)cc1)c1ccccc1. The van der Waals surface area contributed by atoms with Crippen molar-refractivity contribution in [2.75, 3.05) is 13.2 Å². The molecule has 0 radical (unpaired) electrons. The van der Waals surface area contributed by atoms with Gasteiger partial charge in [-0.25, -0.2) is 4.79 Å². The molecule has 1 amide bonds. The topological polar surface area (TPSA) is 88.4 Å². The van der Waals surface area contributed by atoms with Crippen molar-refractivity contribution < 1.29 is 19.1 Å². The molecule has 25 heavy (non-hydrogen) atoms. The fourth-order valence-corrected chi connectivity index (χ4v) is 2.06. The summed E-state index contributed by atoms with van der Waals surface area (Å²) in [6.45, 7) is 1.17. The second kappa shape index (κ2) is 9.08. The molecule has 0 saturated carbocycles. The standard InChI is InChI=1S/C19H18N2O4/c1-14(16-5-3-2-4-6-16)21-18(22)12-25-19(23)13-24-17-9-7-15(11-20)8-10-17/h2-10,14H,12-13H2,1H3,(H,21,22)/t14-/m0/s1. The summed E-state index contributed by atoms with van der Waals surface area (Å²) >= 11 is 0. The van der Waals surface area contributed by atoms with Crippen LogP contribution < -0.4 is 10.1 Å². The van der Waals surface area contributed by atoms with Crippen molar-refractivity contribution in [3.63, 3.8) is 0 Å². The van der Waals surface area contributed by atoms with Crippen molar-refractivity contribution in [1.82, 2.24) is 5.32 Å². The fraction of sp³-hybridized carbons (Fsp3) is 0.211. The number of esters is 1. The molecule has 2 aromatic rings. The largest absolute Gasteiger partial charge is 0.482 e. The van der Waals surface area contributed by atoms with Gasteiger partial charge in [0.1, 0.15) is 5.75 Å². The Morgan fingerprint density at radius 1 is 1.08 bits per heavy atom. The molecule has 6 nitrogen and oxygen atoms in total. The number of ether oxygens (including phenoxy) is 2. The average Bonchev–Trinajstić information content (AvgIpc) is 2.65. The van der Waals surface area contributed by atoms with Gasteiger partial charge in [0.05, 0.1) is 17.7 Å². The van der Waals surface area contributed by atoms with Crippen LogP contribution in [-0.2, 0) is 14.3 Å². The van der Waals surface area contributed by atoms with Crippen molar-refractivity contribution in [2.24, 2.45) is 0 Å². The van der Waals surface area contributed by atoms with Gasteiger partial charge in [0.2, 0.25) is 0 Å². The fourth-order valence-electron chi connectivity index (χ4n) is 2.06. The van der Waals surface area contributed by atoms with Gasteiger partial charge in [-0.1, -0.05) is 30.3 Å². The molecule has 0 unspecified atom stereocenters. The number of hydrogen-bond acceptors (Lipinski definition) is 5. The minimum Gasteiger partial charge on any atom is -0.482 e. The maximum atomic E-state index is 11.8. The third-order valence-corrected chi connectivity index (χ3v) is 3.38. The highest BCUT2D eigenvalue weighted by Gasteiger charge is 2.12. The lowest BCUT2D eigenvalue weighted by atomic mass is 10.1. The summed E-state index contributed by atoms with van der Waals surface area (Å²) in [6.07, 6.45) is 0. The third kappa shape index (κ3) is 5.99. The Kier molecular flexibility index (Phi) is 6.55. The van der Waals surface area contributed by atoms with Crippen LogP contribution in [0.5, 0.6) is 5.75 Å². The van der Waals surface area contributed by atoms with Crippen LogP contribution in [-0.4, -0.2) is 25.1 Å². The van der Waals surface area contributed by atoms with E-state index in [0.29, 0.717) is 11.3 Å². The van der Waals surface area contributed by atoms with Gasteiger partial charge in [0.25, 0.3) is 5.91 Å². The summed E-state index contributed by atoms with van der Waals surface area (Å²) in [7, 11) is 0. The van der Waals surface area contributed by atoms with Gasteiger partial charge in [-0.2, -0.15) is 5.26 Å². The number of benzene rings is 2. The van der Waals surface area contributed by atoms with Gasteiger partial charge in [0.15, 0.2) is 13.2 Å². The quantitative estimate of drug-likeness (QED) is 0.783. The molecule has 0 aromatic heterocycles. The molecule has 2 aromatic carbocycles. The van der Waals surface area contributed by atoms with Gasteiger partial charge >= 0.3 is 5.97 Å². The first-order chi connectivity index (χ1) is 12.1. The molecule has 0 fully saturated rings. The van der Waals surface area contributed by atoms with Crippen LogP contribution in [0.2, 0.25) is 0 Å². The first-order valence-corrected chi connectivity index (χ1v) is 7.71. The lowest BCUT2D eigenvalue weighted by Crippen LogP contribution is -2.31. The zero-order valence-electron chi connectivity index (χ0n) is 13.8. The molecule has 0 bridgehead atoms. The molecule has 2 rings (SSSR count). The Hall–Kier alpha value is -3.33. The van der Waals surface area contributed by atoms with E-state index in [9.17, 15) is 9.59 Å². The van der Waals surface area contributed by atoms with Gasteiger partial charge in [-0.15, -0.1) is 0 Å². The van der Waals surface area contributed by atoms with Crippen molar-refractivity contribution in [2.45, 2.75) is 13.0 Å². The maximum absolute atomic E-state index is 11.8. The normalized spacial score (nSPS) is 11.0. The first-order valence-electron chi connectivity index (χ1n) is 7.71. The average molecular weight is 338 g/mol. The van der Waals surface area contributed by atoms with E-state index in [-0.39, 0.29) is 25.2 Å². The summed E-state index contributed by atoms with van der Waals surface area (Å²) in [5, 5.41) is 11.5. The Morgan fingerprint density at radius 2 is 1.76 bits per heavy atom. The Balaban J connectivity index is 1.70. The molecule has 6 heteroatoms. The van der Waals surface area contributed by atoms with Crippen molar-refractivity contribution >= 4 is 11.9 Å². The van der Waals surface area contributed by atoms with Crippen LogP contribution >= 0.6 is 0 Å². The van der Waals surface area contributed by atoms with E-state index in [1.54, 1.807) is 24.3 Å². The smallest absolute Gasteiger partial charge is 0.344 e. The molecule has 0 spiro atoms. The van der Waals surface area contributed by atoms with Gasteiger partial charge < -0.3 is 14.8 Å². The number of nitrogens with zero attached hydrogens (tertiary/aromatic N) is 1. The molecule has 0 aliphatic rings. The lowest BCUT2D eigenvalue weighted by Gasteiger charge is -2.14. The van der Waals surface area contributed by atoms with Gasteiger partial charge in [-0.3, -0.25) is 4.79 Å². The first kappa shape index (κ1) is 18.0. The van der Waals surface area contributed by atoms with Crippen molar-refractivity contribution in [3.8, 4) is 11.8 Å². The van der Waals surface area contributed by atoms with Crippen LogP contribution in [0.3, 0.4) is 0 Å². The zero-order valence-corrected chi connectivity index (χ0v) is 13.8. The zero-order chi connectivity index (χ0) is 18.1. The number of rotatable bonds is 7. The summed E-state index contributed by atoms with van der Waals surface area (Å²) in [4.78, 5) is 23.4. The molecule has 1 atom stereocenters. The second-order valence-corrected chi connectivity index (χ2v) is 5.29. The van der Waals surface area contributed by atoms with E-state index in [1.807, 2.05) is 43.3 Å². The maximum Gasteiger partial charge on any atom is 0.344 e. The predicted octanol–water partition coefficient (Wildman–Crippen LogP) is 2.36. The van der Waals surface area contributed by atoms with E-state index in [1.165, 1.54) is 0 Å². The highest BCUT2D eigenvalue weighted by atomic mass is 16.6. The Bertz CT molecular complexity index is 751. The van der Waals surface area contributed by atoms with Crippen LogP contribution in [0.4, 0.5) is 0 Å². The summed E-state index contributed by atoms with van der Waals surface area (Å²) < 4.78 is 10.1. The van der Waals surface area contributed by atoms with E-state index in [2.05, 4.69) is 5.32 Å². The lowest BCUT2D eigenvalue weighted by molar-refractivity contribution is -0.150. The number of carbonyl (C=O) groups excluding carboxylic acids is 2. The predicted molar refractivity (Wildman–Crippen MR) is 90.6 cm³/mol. The van der Waals surface area contributed by atoms with Crippen molar-refractivity contribution in [1.29, 1.82) is 5.26 Å². The minimum absolute atomic E-state index is 0.178. The highest BCUT2D eigenvalue weighted by molar-refractivity contribution is 5.81. The van der Waals surface area contributed by atoms with E-state index in [4.69, 9.17) is 14.7 Å². The Labute approximate surface area is 146 Å². The number of nitriles is 1. The minimum atomic E-state index is -0.646. The molecule has 0 saturated heterocycles. The van der Waals surface area contributed by atoms with Crippen LogP contribution in [0.15, 0.2) is 54.6 Å². The number of hydrogen-bond donors (Lipinski definition) is 1. The Morgan fingerprint density at radius 3 is 2.40 bits per heavy atom. The molecular formula is C19H18N2O4. The van der Waals surface area contributed by atoms with Crippen LogP contribution in [0.25, 0.3) is 0 Å². The number of amides is 1. The van der Waals surface area contributed by atoms with Crippen molar-refractivity contribution in [3.05, 3.63) is 65.7 Å². The summed E-state index contributed by atoms with van der Waals surface area (Å²) in [5.41, 5.74) is 1.46. The summed E-state index contributed by atoms with van der Waals surface area (Å²) in [6, 6.07) is 17.6. The number of carbonyl (C=O) groups is 2. The molecule has 128 valence electrons. The third-order valence-electron chi connectivity index (χ3n) is 3.38. The van der Waals surface area contributed by atoms with Crippen LogP contribution in [0.1, 0.15) is 24.1 Å². The highest BCUT2D eigenvalue weighted by Crippen LogP contribution is 2.12. The molecule has 0 aliphatic carbocycles. The second-order valence-electron chi connectivity index (χ2n) is 5.29. The van der Waals surface area contributed by atoms with E-state index in [0.717, 1.165) is 5.56 Å². The van der Waals surface area contributed by atoms with E-state index < -0.39 is 5.97 Å². The molecular weight excluding hydrogens is 320 g/mol. The number of nitrogens with one attached hydrogen (secondary N) is 1. The van der Waals surface area contributed by atoms with Crippen LogP contribution in [0, 0.1) is 11.3 Å². The monoisotopic (exact) mass is 338 g/mol. The van der Waals surface area contributed by atoms with Gasteiger partial charge in [0, 0.05) is 0 Å². The molecule has 1 N–H and O–H groups in total. The molecule has 0 heterocycles. The van der Waals surface area contributed by atoms with E-state index >= 15 is 0 Å². The van der Waals surface area contributed by atoms with Gasteiger partial charge in [-0.05, 0) is 36.8 Å².